The number of amides is 1. The van der Waals surface area contributed by atoms with Crippen LogP contribution in [-0.2, 0) is 14.3 Å². The number of fused-ring (bicyclic) bond motifs is 1. The minimum Gasteiger partial charge on any atom is -0.493 e. The summed E-state index contributed by atoms with van der Waals surface area (Å²) in [5, 5.41) is 7.67. The van der Waals surface area contributed by atoms with E-state index >= 15 is 0 Å². The lowest BCUT2D eigenvalue weighted by Crippen LogP contribution is -2.43. The van der Waals surface area contributed by atoms with Crippen LogP contribution >= 0.6 is 0 Å². The Bertz CT molecular complexity index is 1130. The number of nitrogens with zero attached hydrogens (tertiary/aromatic N) is 2. The van der Waals surface area contributed by atoms with Crippen molar-refractivity contribution in [3.63, 3.8) is 0 Å². The minimum absolute atomic E-state index is 0.0609. The van der Waals surface area contributed by atoms with E-state index in [9.17, 15) is 9.18 Å². The predicted octanol–water partition coefficient (Wildman–Crippen LogP) is 3.30. The molecule has 3 aromatic rings. The number of pyridine rings is 1. The van der Waals surface area contributed by atoms with Gasteiger partial charge in [0.2, 0.25) is 0 Å². The van der Waals surface area contributed by atoms with E-state index in [1.807, 2.05) is 25.1 Å². The number of halogens is 1. The summed E-state index contributed by atoms with van der Waals surface area (Å²) in [6.45, 7) is 3.88. The SMILES string of the molecule is COc1cc(-c2cc(C)c3cc(F)ccc3n2)ccc1OCC(=O)N1CCOCC1.O=CO. The van der Waals surface area contributed by atoms with Gasteiger partial charge < -0.3 is 24.2 Å². The van der Waals surface area contributed by atoms with Gasteiger partial charge in [-0.25, -0.2) is 9.37 Å². The van der Waals surface area contributed by atoms with Crippen molar-refractivity contribution in [2.24, 2.45) is 0 Å². The molecule has 0 aliphatic carbocycles. The van der Waals surface area contributed by atoms with E-state index in [0.717, 1.165) is 27.7 Å². The number of hydrogen-bond donors (Lipinski definition) is 1. The summed E-state index contributed by atoms with van der Waals surface area (Å²) in [7, 11) is 1.55. The van der Waals surface area contributed by atoms with Crippen LogP contribution in [0.15, 0.2) is 42.5 Å². The molecule has 0 spiro atoms. The first-order valence-electron chi connectivity index (χ1n) is 10.3. The fourth-order valence-corrected chi connectivity index (χ4v) is 3.50. The van der Waals surface area contributed by atoms with Gasteiger partial charge in [0.15, 0.2) is 18.1 Å². The third-order valence-electron chi connectivity index (χ3n) is 5.15. The maximum atomic E-state index is 13.5. The normalized spacial score (nSPS) is 13.1. The van der Waals surface area contributed by atoms with Crippen LogP contribution in [0.3, 0.4) is 0 Å². The Kier molecular flexibility index (Phi) is 8.15. The van der Waals surface area contributed by atoms with Gasteiger partial charge in [-0.1, -0.05) is 0 Å². The molecule has 1 saturated heterocycles. The first kappa shape index (κ1) is 23.9. The van der Waals surface area contributed by atoms with Crippen molar-refractivity contribution < 1.29 is 33.3 Å². The molecule has 9 heteroatoms. The highest BCUT2D eigenvalue weighted by Crippen LogP contribution is 2.33. The smallest absolute Gasteiger partial charge is 0.290 e. The summed E-state index contributed by atoms with van der Waals surface area (Å²) in [6, 6.07) is 11.9. The molecule has 2 heterocycles. The molecule has 1 fully saturated rings. The van der Waals surface area contributed by atoms with E-state index in [1.165, 1.54) is 12.1 Å². The second-order valence-corrected chi connectivity index (χ2v) is 7.24. The average molecular weight is 456 g/mol. The van der Waals surface area contributed by atoms with Crippen LogP contribution in [0.5, 0.6) is 11.5 Å². The molecule has 0 saturated carbocycles. The molecule has 8 nitrogen and oxygen atoms in total. The first-order valence-corrected chi connectivity index (χ1v) is 10.3. The molecule has 0 radical (unpaired) electrons. The molecule has 1 aromatic heterocycles. The number of carboxylic acid groups (broad SMARTS) is 1. The number of carbonyl (C=O) groups is 2. The minimum atomic E-state index is -0.282. The molecule has 4 rings (SSSR count). The zero-order chi connectivity index (χ0) is 23.8. The number of benzene rings is 2. The van der Waals surface area contributed by atoms with Crippen molar-refractivity contribution in [2.75, 3.05) is 40.0 Å². The number of methoxy groups -OCH3 is 1. The second-order valence-electron chi connectivity index (χ2n) is 7.24. The molecule has 1 N–H and O–H groups in total. The Labute approximate surface area is 190 Å². The fraction of sp³-hybridized carbons (Fsp3) is 0.292. The maximum absolute atomic E-state index is 13.5. The molecule has 1 amide bonds. The van der Waals surface area contributed by atoms with Crippen molar-refractivity contribution in [1.29, 1.82) is 0 Å². The van der Waals surface area contributed by atoms with Crippen LogP contribution in [0.2, 0.25) is 0 Å². The van der Waals surface area contributed by atoms with Gasteiger partial charge in [0.25, 0.3) is 12.4 Å². The molecule has 0 unspecified atom stereocenters. The third-order valence-corrected chi connectivity index (χ3v) is 5.15. The lowest BCUT2D eigenvalue weighted by molar-refractivity contribution is -0.137. The first-order chi connectivity index (χ1) is 16.0. The molecule has 0 atom stereocenters. The molecule has 33 heavy (non-hydrogen) atoms. The molecule has 2 aromatic carbocycles. The molecular weight excluding hydrogens is 431 g/mol. The Morgan fingerprint density at radius 3 is 2.61 bits per heavy atom. The van der Waals surface area contributed by atoms with E-state index in [1.54, 1.807) is 24.1 Å². The van der Waals surface area contributed by atoms with Gasteiger partial charge in [-0.2, -0.15) is 0 Å². The largest absolute Gasteiger partial charge is 0.493 e. The standard InChI is InChI=1S/C23H23FN2O4.CH2O2/c1-15-11-20(25-19-5-4-17(24)13-18(15)19)16-3-6-21(22(12-16)28-2)30-14-23(27)26-7-9-29-10-8-26;2-1-3/h3-6,11-13H,7-10,14H2,1-2H3;1H,(H,2,3). The Morgan fingerprint density at radius 1 is 1.18 bits per heavy atom. The van der Waals surface area contributed by atoms with Gasteiger partial charge in [-0.15, -0.1) is 0 Å². The van der Waals surface area contributed by atoms with Gasteiger partial charge in [0, 0.05) is 24.0 Å². The number of aryl methyl sites for hydroxylation is 1. The lowest BCUT2D eigenvalue weighted by Gasteiger charge is -2.26. The van der Waals surface area contributed by atoms with Gasteiger partial charge in [0.1, 0.15) is 5.82 Å². The second kappa shape index (κ2) is 11.2. The predicted molar refractivity (Wildman–Crippen MR) is 120 cm³/mol. The number of carbonyl (C=O) groups excluding carboxylic acids is 1. The van der Waals surface area contributed by atoms with Crippen molar-refractivity contribution in [3.8, 4) is 22.8 Å². The lowest BCUT2D eigenvalue weighted by atomic mass is 10.0. The Balaban J connectivity index is 0.000000968. The van der Waals surface area contributed by atoms with E-state index < -0.39 is 0 Å². The molecule has 1 aliphatic rings. The topological polar surface area (TPSA) is 98.2 Å². The zero-order valence-corrected chi connectivity index (χ0v) is 18.4. The van der Waals surface area contributed by atoms with Gasteiger partial charge >= 0.3 is 0 Å². The monoisotopic (exact) mass is 456 g/mol. The summed E-state index contributed by atoms with van der Waals surface area (Å²) in [5.41, 5.74) is 3.25. The van der Waals surface area contributed by atoms with Crippen LogP contribution in [0.4, 0.5) is 4.39 Å². The van der Waals surface area contributed by atoms with Crippen molar-refractivity contribution >= 4 is 23.3 Å². The van der Waals surface area contributed by atoms with Crippen LogP contribution in [0.1, 0.15) is 5.56 Å². The maximum Gasteiger partial charge on any atom is 0.290 e. The number of morpholine rings is 1. The molecule has 0 bridgehead atoms. The van der Waals surface area contributed by atoms with Crippen LogP contribution in [0.25, 0.3) is 22.2 Å². The van der Waals surface area contributed by atoms with Gasteiger partial charge in [0.05, 0.1) is 31.5 Å². The van der Waals surface area contributed by atoms with Gasteiger partial charge in [-0.3, -0.25) is 9.59 Å². The average Bonchev–Trinajstić information content (AvgIpc) is 2.83. The number of rotatable bonds is 5. The highest BCUT2D eigenvalue weighted by atomic mass is 19.1. The van der Waals surface area contributed by atoms with Gasteiger partial charge in [-0.05, 0) is 55.0 Å². The van der Waals surface area contributed by atoms with Crippen molar-refractivity contribution in [3.05, 3.63) is 53.8 Å². The molecule has 174 valence electrons. The number of ether oxygens (including phenoxy) is 3. The van der Waals surface area contributed by atoms with Crippen molar-refractivity contribution in [2.45, 2.75) is 6.92 Å². The fourth-order valence-electron chi connectivity index (χ4n) is 3.50. The third kappa shape index (κ3) is 5.95. The molecular formula is C24H25FN2O6. The Morgan fingerprint density at radius 2 is 1.91 bits per heavy atom. The van der Waals surface area contributed by atoms with E-state index in [2.05, 4.69) is 4.98 Å². The van der Waals surface area contributed by atoms with E-state index in [4.69, 9.17) is 24.1 Å². The Hall–Kier alpha value is -3.72. The quantitative estimate of drug-likeness (QED) is 0.588. The van der Waals surface area contributed by atoms with Crippen molar-refractivity contribution in [1.82, 2.24) is 9.88 Å². The van der Waals surface area contributed by atoms with E-state index in [-0.39, 0.29) is 24.8 Å². The number of aromatic nitrogens is 1. The van der Waals surface area contributed by atoms with Crippen LogP contribution in [0, 0.1) is 12.7 Å². The zero-order valence-electron chi connectivity index (χ0n) is 18.4. The van der Waals surface area contributed by atoms with E-state index in [0.29, 0.717) is 37.8 Å². The number of hydrogen-bond acceptors (Lipinski definition) is 6. The summed E-state index contributed by atoms with van der Waals surface area (Å²) in [6.07, 6.45) is 0. The molecule has 1 aliphatic heterocycles. The van der Waals surface area contributed by atoms with Crippen LogP contribution in [-0.4, -0.2) is 67.4 Å². The van der Waals surface area contributed by atoms with Crippen LogP contribution < -0.4 is 9.47 Å². The highest BCUT2D eigenvalue weighted by Gasteiger charge is 2.18. The summed E-state index contributed by atoms with van der Waals surface area (Å²) < 4.78 is 30.0. The summed E-state index contributed by atoms with van der Waals surface area (Å²) >= 11 is 0. The summed E-state index contributed by atoms with van der Waals surface area (Å²) in [4.78, 5) is 27.1. The summed E-state index contributed by atoms with van der Waals surface area (Å²) in [5.74, 6) is 0.641. The highest BCUT2D eigenvalue weighted by molar-refractivity contribution is 5.85.